The molecule has 0 unspecified atom stereocenters. The lowest BCUT2D eigenvalue weighted by Gasteiger charge is -2.09. The molecule has 1 fully saturated rings. The monoisotopic (exact) mass is 234 g/mol. The SMILES string of the molecule is c1cnc2sc(CNC3CCCC3)nc2n1. The van der Waals surface area contributed by atoms with Crippen LogP contribution >= 0.6 is 11.3 Å². The van der Waals surface area contributed by atoms with E-state index in [4.69, 9.17) is 0 Å². The Bertz CT molecular complexity index is 443. The Morgan fingerprint density at radius 1 is 1.25 bits per heavy atom. The van der Waals surface area contributed by atoms with Crippen LogP contribution in [0.25, 0.3) is 10.5 Å². The van der Waals surface area contributed by atoms with E-state index in [0.29, 0.717) is 6.04 Å². The molecule has 0 bridgehead atoms. The van der Waals surface area contributed by atoms with Gasteiger partial charge in [0.15, 0.2) is 10.5 Å². The van der Waals surface area contributed by atoms with Crippen LogP contribution in [0.15, 0.2) is 12.4 Å². The van der Waals surface area contributed by atoms with E-state index < -0.39 is 0 Å². The van der Waals surface area contributed by atoms with Gasteiger partial charge in [-0.3, -0.25) is 0 Å². The molecule has 1 saturated carbocycles. The maximum absolute atomic E-state index is 4.46. The molecular formula is C11H14N4S. The van der Waals surface area contributed by atoms with Gasteiger partial charge in [-0.2, -0.15) is 0 Å². The molecule has 0 saturated heterocycles. The molecule has 84 valence electrons. The number of thiazole rings is 1. The number of hydrogen-bond acceptors (Lipinski definition) is 5. The van der Waals surface area contributed by atoms with Crippen LogP contribution in [-0.2, 0) is 6.54 Å². The van der Waals surface area contributed by atoms with Gasteiger partial charge >= 0.3 is 0 Å². The number of rotatable bonds is 3. The molecule has 2 aromatic heterocycles. The summed E-state index contributed by atoms with van der Waals surface area (Å²) in [6.07, 6.45) is 8.74. The van der Waals surface area contributed by atoms with Crippen LogP contribution < -0.4 is 5.32 Å². The van der Waals surface area contributed by atoms with Crippen molar-refractivity contribution in [3.05, 3.63) is 17.4 Å². The van der Waals surface area contributed by atoms with E-state index in [1.807, 2.05) is 0 Å². The van der Waals surface area contributed by atoms with Gasteiger partial charge in [-0.1, -0.05) is 24.2 Å². The second kappa shape index (κ2) is 4.43. The zero-order chi connectivity index (χ0) is 10.8. The Balaban J connectivity index is 1.69. The third-order valence-corrected chi connectivity index (χ3v) is 3.94. The molecule has 2 heterocycles. The number of hydrogen-bond donors (Lipinski definition) is 1. The molecule has 4 nitrogen and oxygen atoms in total. The van der Waals surface area contributed by atoms with Crippen LogP contribution in [-0.4, -0.2) is 21.0 Å². The summed E-state index contributed by atoms with van der Waals surface area (Å²) in [5.41, 5.74) is 0.774. The Hall–Kier alpha value is -1.07. The summed E-state index contributed by atoms with van der Waals surface area (Å²) in [6, 6.07) is 0.688. The zero-order valence-corrected chi connectivity index (χ0v) is 9.83. The van der Waals surface area contributed by atoms with Gasteiger partial charge in [-0.15, -0.1) is 0 Å². The first-order chi connectivity index (χ1) is 7.92. The first kappa shape index (κ1) is 10.1. The highest BCUT2D eigenvalue weighted by atomic mass is 32.1. The van der Waals surface area contributed by atoms with Crippen LogP contribution in [0.2, 0.25) is 0 Å². The van der Waals surface area contributed by atoms with E-state index >= 15 is 0 Å². The second-order valence-corrected chi connectivity index (χ2v) is 5.22. The fourth-order valence-electron chi connectivity index (χ4n) is 2.16. The highest BCUT2D eigenvalue weighted by Gasteiger charge is 2.14. The second-order valence-electron chi connectivity index (χ2n) is 4.15. The largest absolute Gasteiger partial charge is 0.308 e. The highest BCUT2D eigenvalue weighted by molar-refractivity contribution is 7.18. The lowest BCUT2D eigenvalue weighted by molar-refractivity contribution is 0.523. The first-order valence-corrected chi connectivity index (χ1v) is 6.53. The predicted molar refractivity (Wildman–Crippen MR) is 64.3 cm³/mol. The number of fused-ring (bicyclic) bond motifs is 1. The molecule has 0 radical (unpaired) electrons. The minimum Gasteiger partial charge on any atom is -0.308 e. The lowest BCUT2D eigenvalue weighted by atomic mass is 10.2. The van der Waals surface area contributed by atoms with Crippen LogP contribution in [0, 0.1) is 0 Å². The van der Waals surface area contributed by atoms with E-state index in [2.05, 4.69) is 20.3 Å². The Morgan fingerprint density at radius 3 is 2.88 bits per heavy atom. The molecule has 0 aliphatic heterocycles. The van der Waals surface area contributed by atoms with Crippen LogP contribution in [0.5, 0.6) is 0 Å². The van der Waals surface area contributed by atoms with Gasteiger partial charge < -0.3 is 5.32 Å². The van der Waals surface area contributed by atoms with Crippen molar-refractivity contribution in [1.82, 2.24) is 20.3 Å². The van der Waals surface area contributed by atoms with E-state index in [0.717, 1.165) is 22.0 Å². The molecular weight excluding hydrogens is 220 g/mol. The summed E-state index contributed by atoms with van der Waals surface area (Å²) in [7, 11) is 0. The molecule has 2 aromatic rings. The predicted octanol–water partition coefficient (Wildman–Crippen LogP) is 2.12. The Labute approximate surface area is 98.1 Å². The summed E-state index contributed by atoms with van der Waals surface area (Å²) < 4.78 is 0. The van der Waals surface area contributed by atoms with Crippen molar-refractivity contribution >= 4 is 21.8 Å². The van der Waals surface area contributed by atoms with Gasteiger partial charge in [0.05, 0.1) is 0 Å². The van der Waals surface area contributed by atoms with Crippen LogP contribution in [0.1, 0.15) is 30.7 Å². The van der Waals surface area contributed by atoms with E-state index in [1.165, 1.54) is 25.7 Å². The van der Waals surface area contributed by atoms with Gasteiger partial charge in [0.2, 0.25) is 0 Å². The summed E-state index contributed by atoms with van der Waals surface area (Å²) in [6.45, 7) is 0.855. The zero-order valence-electron chi connectivity index (χ0n) is 9.02. The number of aromatic nitrogens is 3. The molecule has 0 aromatic carbocycles. The first-order valence-electron chi connectivity index (χ1n) is 5.71. The van der Waals surface area contributed by atoms with E-state index in [-0.39, 0.29) is 0 Å². The van der Waals surface area contributed by atoms with Crippen LogP contribution in [0.4, 0.5) is 0 Å². The lowest BCUT2D eigenvalue weighted by Crippen LogP contribution is -2.25. The summed E-state index contributed by atoms with van der Waals surface area (Å²) in [5, 5.41) is 4.64. The quantitative estimate of drug-likeness (QED) is 0.883. The van der Waals surface area contributed by atoms with Gasteiger partial charge in [-0.25, -0.2) is 15.0 Å². The van der Waals surface area contributed by atoms with Crippen molar-refractivity contribution < 1.29 is 0 Å². The van der Waals surface area contributed by atoms with Crippen molar-refractivity contribution in [2.24, 2.45) is 0 Å². The molecule has 16 heavy (non-hydrogen) atoms. The minimum atomic E-state index is 0.688. The maximum Gasteiger partial charge on any atom is 0.189 e. The van der Waals surface area contributed by atoms with Crippen molar-refractivity contribution in [2.45, 2.75) is 38.3 Å². The highest BCUT2D eigenvalue weighted by Crippen LogP contribution is 2.20. The molecule has 0 atom stereocenters. The third kappa shape index (κ3) is 2.05. The number of nitrogens with one attached hydrogen (secondary N) is 1. The topological polar surface area (TPSA) is 50.7 Å². The van der Waals surface area contributed by atoms with Crippen molar-refractivity contribution in [3.63, 3.8) is 0 Å². The van der Waals surface area contributed by atoms with Crippen molar-refractivity contribution in [2.75, 3.05) is 0 Å². The van der Waals surface area contributed by atoms with Crippen molar-refractivity contribution in [1.29, 1.82) is 0 Å². The standard InChI is InChI=1S/C11H14N4S/c1-2-4-8(3-1)14-7-9-15-10-11(16-9)13-6-5-12-10/h5-6,8,14H,1-4,7H2. The molecule has 3 rings (SSSR count). The van der Waals surface area contributed by atoms with Gasteiger partial charge in [0.25, 0.3) is 0 Å². The summed E-state index contributed by atoms with van der Waals surface area (Å²) in [5.74, 6) is 0. The fourth-order valence-corrected chi connectivity index (χ4v) is 2.97. The summed E-state index contributed by atoms with van der Waals surface area (Å²) >= 11 is 1.63. The molecule has 1 aliphatic rings. The molecule has 1 aliphatic carbocycles. The smallest absolute Gasteiger partial charge is 0.189 e. The molecule has 0 spiro atoms. The van der Waals surface area contributed by atoms with E-state index in [1.54, 1.807) is 23.7 Å². The third-order valence-electron chi connectivity index (χ3n) is 2.99. The number of nitrogens with zero attached hydrogens (tertiary/aromatic N) is 3. The van der Waals surface area contributed by atoms with E-state index in [9.17, 15) is 0 Å². The Kier molecular flexibility index (Phi) is 2.80. The Morgan fingerprint density at radius 2 is 2.06 bits per heavy atom. The average molecular weight is 234 g/mol. The minimum absolute atomic E-state index is 0.688. The van der Waals surface area contributed by atoms with Crippen LogP contribution in [0.3, 0.4) is 0 Å². The molecule has 0 amide bonds. The van der Waals surface area contributed by atoms with Gasteiger partial charge in [0, 0.05) is 25.0 Å². The fraction of sp³-hybridized carbons (Fsp3) is 0.545. The average Bonchev–Trinajstić information content (AvgIpc) is 2.95. The molecule has 5 heteroatoms. The van der Waals surface area contributed by atoms with Crippen molar-refractivity contribution in [3.8, 4) is 0 Å². The normalized spacial score (nSPS) is 17.2. The van der Waals surface area contributed by atoms with Gasteiger partial charge in [-0.05, 0) is 12.8 Å². The summed E-state index contributed by atoms with van der Waals surface area (Å²) in [4.78, 5) is 13.8. The molecule has 1 N–H and O–H groups in total. The maximum atomic E-state index is 4.46. The van der Waals surface area contributed by atoms with Gasteiger partial charge in [0.1, 0.15) is 5.01 Å².